The van der Waals surface area contributed by atoms with Gasteiger partial charge in [0.15, 0.2) is 5.60 Å². The number of carbonyl (C=O) groups excluding carboxylic acids is 1. The van der Waals surface area contributed by atoms with E-state index in [4.69, 9.17) is 0 Å². The van der Waals surface area contributed by atoms with Gasteiger partial charge in [-0.15, -0.1) is 5.10 Å². The molecule has 1 aromatic rings. The maximum absolute atomic E-state index is 12.8. The van der Waals surface area contributed by atoms with Crippen molar-refractivity contribution >= 4 is 17.4 Å². The third-order valence-corrected chi connectivity index (χ3v) is 6.51. The minimum absolute atomic E-state index is 0.0961. The van der Waals surface area contributed by atoms with Crippen molar-refractivity contribution in [3.8, 4) is 0 Å². The zero-order chi connectivity index (χ0) is 17.7. The van der Waals surface area contributed by atoms with Gasteiger partial charge in [-0.05, 0) is 43.6 Å². The van der Waals surface area contributed by atoms with Crippen LogP contribution in [0.3, 0.4) is 0 Å². The molecule has 2 aliphatic rings. The number of piperidine rings is 1. The lowest BCUT2D eigenvalue weighted by Crippen LogP contribution is -2.58. The third kappa shape index (κ3) is 4.77. The fourth-order valence-corrected chi connectivity index (χ4v) is 4.65. The van der Waals surface area contributed by atoms with Gasteiger partial charge in [0.2, 0.25) is 0 Å². The van der Waals surface area contributed by atoms with Gasteiger partial charge in [0, 0.05) is 26.2 Å². The fourth-order valence-electron chi connectivity index (χ4n) is 4.05. The van der Waals surface area contributed by atoms with Crippen LogP contribution in [0, 0.1) is 12.8 Å². The van der Waals surface area contributed by atoms with Gasteiger partial charge in [-0.1, -0.05) is 36.6 Å². The Hall–Kier alpha value is -1.05. The average Bonchev–Trinajstić information content (AvgIpc) is 3.02. The predicted molar refractivity (Wildman–Crippen MR) is 98.3 cm³/mol. The molecule has 2 heterocycles. The van der Waals surface area contributed by atoms with E-state index in [1.807, 2.05) is 11.8 Å². The van der Waals surface area contributed by atoms with Gasteiger partial charge in [-0.3, -0.25) is 4.79 Å². The summed E-state index contributed by atoms with van der Waals surface area (Å²) in [5, 5.41) is 18.1. The van der Waals surface area contributed by atoms with E-state index in [1.165, 1.54) is 43.6 Å². The first-order chi connectivity index (χ1) is 12.1. The van der Waals surface area contributed by atoms with Crippen molar-refractivity contribution in [3.05, 3.63) is 10.6 Å². The van der Waals surface area contributed by atoms with Crippen LogP contribution in [-0.2, 0) is 11.3 Å². The number of aryl methyl sites for hydroxylation is 1. The summed E-state index contributed by atoms with van der Waals surface area (Å²) < 4.78 is 3.91. The zero-order valence-corrected chi connectivity index (χ0v) is 16.0. The molecule has 1 aromatic heterocycles. The van der Waals surface area contributed by atoms with Gasteiger partial charge in [0.05, 0.1) is 10.6 Å². The summed E-state index contributed by atoms with van der Waals surface area (Å²) >= 11 is 1.36. The molecule has 1 amide bonds. The van der Waals surface area contributed by atoms with E-state index >= 15 is 0 Å². The second kappa shape index (κ2) is 8.56. The highest BCUT2D eigenvalue weighted by Gasteiger charge is 2.41. The molecule has 2 fully saturated rings. The van der Waals surface area contributed by atoms with Crippen LogP contribution < -0.4 is 5.32 Å². The molecule has 1 saturated heterocycles. The normalized spacial score (nSPS) is 25.5. The number of hydrogen-bond acceptors (Lipinski definition) is 6. The molecule has 2 N–H and O–H groups in total. The van der Waals surface area contributed by atoms with Gasteiger partial charge in [-0.25, -0.2) is 0 Å². The first-order valence-electron chi connectivity index (χ1n) is 9.59. The summed E-state index contributed by atoms with van der Waals surface area (Å²) in [6.07, 6.45) is 9.12. The number of aromatic nitrogens is 2. The molecule has 1 saturated carbocycles. The van der Waals surface area contributed by atoms with Crippen LogP contribution in [0.1, 0.15) is 61.9 Å². The standard InChI is InChI=1S/C18H30N4O2S/c1-14-16(25-21-20-14)12-19-13-18(24)9-5-10-22(17(18)23)11-8-15-6-3-2-4-7-15/h15,19,24H,2-13H2,1H3. The van der Waals surface area contributed by atoms with Crippen molar-refractivity contribution in [1.29, 1.82) is 0 Å². The minimum atomic E-state index is -1.27. The quantitative estimate of drug-likeness (QED) is 0.774. The number of aliphatic hydroxyl groups is 1. The second-order valence-electron chi connectivity index (χ2n) is 7.61. The molecule has 1 atom stereocenters. The van der Waals surface area contributed by atoms with Crippen molar-refractivity contribution in [3.63, 3.8) is 0 Å². The predicted octanol–water partition coefficient (Wildman–Crippen LogP) is 2.26. The zero-order valence-electron chi connectivity index (χ0n) is 15.2. The number of carbonyl (C=O) groups is 1. The Bertz CT molecular complexity index is 573. The molecule has 25 heavy (non-hydrogen) atoms. The number of rotatable bonds is 7. The second-order valence-corrected chi connectivity index (χ2v) is 8.44. The summed E-state index contributed by atoms with van der Waals surface area (Å²) in [4.78, 5) is 15.7. The Morgan fingerprint density at radius 3 is 2.84 bits per heavy atom. The maximum atomic E-state index is 12.8. The van der Waals surface area contributed by atoms with Gasteiger partial charge in [0.1, 0.15) is 0 Å². The largest absolute Gasteiger partial charge is 0.379 e. The molecule has 7 heteroatoms. The van der Waals surface area contributed by atoms with Crippen LogP contribution in [0.25, 0.3) is 0 Å². The molecule has 0 aromatic carbocycles. The molecule has 0 spiro atoms. The van der Waals surface area contributed by atoms with Crippen LogP contribution in [0.2, 0.25) is 0 Å². The van der Waals surface area contributed by atoms with Crippen molar-refractivity contribution in [2.75, 3.05) is 19.6 Å². The smallest absolute Gasteiger partial charge is 0.255 e. The molecule has 1 aliphatic carbocycles. The monoisotopic (exact) mass is 366 g/mol. The van der Waals surface area contributed by atoms with E-state index in [0.717, 1.165) is 42.4 Å². The average molecular weight is 367 g/mol. The van der Waals surface area contributed by atoms with Gasteiger partial charge < -0.3 is 15.3 Å². The Balaban J connectivity index is 1.48. The Morgan fingerprint density at radius 2 is 2.12 bits per heavy atom. The van der Waals surface area contributed by atoms with E-state index < -0.39 is 5.60 Å². The summed E-state index contributed by atoms with van der Waals surface area (Å²) in [6, 6.07) is 0. The maximum Gasteiger partial charge on any atom is 0.255 e. The number of nitrogens with zero attached hydrogens (tertiary/aromatic N) is 3. The van der Waals surface area contributed by atoms with Crippen molar-refractivity contribution in [2.45, 2.75) is 70.4 Å². The van der Waals surface area contributed by atoms with E-state index in [2.05, 4.69) is 14.9 Å². The Labute approximate surface area is 154 Å². The van der Waals surface area contributed by atoms with E-state index in [9.17, 15) is 9.90 Å². The third-order valence-electron chi connectivity index (χ3n) is 5.68. The van der Waals surface area contributed by atoms with Crippen LogP contribution in [0.15, 0.2) is 0 Å². The molecule has 0 bridgehead atoms. The molecule has 140 valence electrons. The molecule has 0 radical (unpaired) electrons. The molecule has 1 aliphatic heterocycles. The number of nitrogens with one attached hydrogen (secondary N) is 1. The first-order valence-corrected chi connectivity index (χ1v) is 10.4. The Kier molecular flexibility index (Phi) is 6.41. The minimum Gasteiger partial charge on any atom is -0.379 e. The topological polar surface area (TPSA) is 78.4 Å². The molecule has 1 unspecified atom stereocenters. The number of likely N-dealkylation sites (tertiary alicyclic amines) is 1. The van der Waals surface area contributed by atoms with E-state index in [-0.39, 0.29) is 5.91 Å². The molecular weight excluding hydrogens is 336 g/mol. The first kappa shape index (κ1) is 18.7. The van der Waals surface area contributed by atoms with E-state index in [1.54, 1.807) is 0 Å². The highest BCUT2D eigenvalue weighted by atomic mass is 32.1. The van der Waals surface area contributed by atoms with E-state index in [0.29, 0.717) is 19.5 Å². The summed E-state index contributed by atoms with van der Waals surface area (Å²) in [6.45, 7) is 4.40. The van der Waals surface area contributed by atoms with Crippen LogP contribution >= 0.6 is 11.5 Å². The van der Waals surface area contributed by atoms with Crippen molar-refractivity contribution in [2.24, 2.45) is 5.92 Å². The highest BCUT2D eigenvalue weighted by Crippen LogP contribution is 2.28. The van der Waals surface area contributed by atoms with Gasteiger partial charge in [0.25, 0.3) is 5.91 Å². The Morgan fingerprint density at radius 1 is 1.32 bits per heavy atom. The lowest BCUT2D eigenvalue weighted by atomic mass is 9.86. The number of amides is 1. The lowest BCUT2D eigenvalue weighted by Gasteiger charge is -2.39. The van der Waals surface area contributed by atoms with Crippen LogP contribution in [0.4, 0.5) is 0 Å². The summed E-state index contributed by atoms with van der Waals surface area (Å²) in [7, 11) is 0. The summed E-state index contributed by atoms with van der Waals surface area (Å²) in [5.74, 6) is 0.665. The van der Waals surface area contributed by atoms with Gasteiger partial charge >= 0.3 is 0 Å². The SMILES string of the molecule is Cc1nnsc1CNCC1(O)CCCN(CCC2CCCCC2)C1=O. The van der Waals surface area contributed by atoms with Crippen molar-refractivity contribution in [1.82, 2.24) is 19.8 Å². The number of hydrogen-bond donors (Lipinski definition) is 2. The highest BCUT2D eigenvalue weighted by molar-refractivity contribution is 7.05. The fraction of sp³-hybridized carbons (Fsp3) is 0.833. The van der Waals surface area contributed by atoms with Crippen LogP contribution in [0.5, 0.6) is 0 Å². The molecular formula is C18H30N4O2S. The van der Waals surface area contributed by atoms with Gasteiger partial charge in [-0.2, -0.15) is 0 Å². The van der Waals surface area contributed by atoms with Crippen LogP contribution in [-0.4, -0.2) is 50.7 Å². The molecule has 6 nitrogen and oxygen atoms in total. The lowest BCUT2D eigenvalue weighted by molar-refractivity contribution is -0.156. The van der Waals surface area contributed by atoms with Crippen molar-refractivity contribution < 1.29 is 9.90 Å². The summed E-state index contributed by atoms with van der Waals surface area (Å²) in [5.41, 5.74) is -0.356. The molecule has 3 rings (SSSR count).